The summed E-state index contributed by atoms with van der Waals surface area (Å²) in [5, 5.41) is 3.64. The first-order valence-corrected chi connectivity index (χ1v) is 5.80. The summed E-state index contributed by atoms with van der Waals surface area (Å²) < 4.78 is 5.22. The van der Waals surface area contributed by atoms with E-state index >= 15 is 0 Å². The third-order valence-electron chi connectivity index (χ3n) is 2.14. The maximum atomic E-state index is 6.09. The Bertz CT molecular complexity index is 405. The fraction of sp³-hybridized carbons (Fsp3) is 0.417. The molecule has 17 heavy (non-hydrogen) atoms. The fourth-order valence-corrected chi connectivity index (χ4v) is 1.61. The molecule has 0 saturated heterocycles. The molecule has 0 fully saturated rings. The predicted octanol–water partition coefficient (Wildman–Crippen LogP) is 2.16. The van der Waals surface area contributed by atoms with Gasteiger partial charge in [-0.25, -0.2) is 4.99 Å². The summed E-state index contributed by atoms with van der Waals surface area (Å²) in [5.41, 5.74) is 6.56. The van der Waals surface area contributed by atoms with Crippen molar-refractivity contribution >= 4 is 17.6 Å². The number of aliphatic imine (C=N–C) groups is 1. The molecule has 0 aliphatic rings. The van der Waals surface area contributed by atoms with Crippen LogP contribution in [0, 0.1) is 0 Å². The second-order valence-electron chi connectivity index (χ2n) is 3.92. The van der Waals surface area contributed by atoms with Crippen LogP contribution in [0.1, 0.15) is 19.4 Å². The summed E-state index contributed by atoms with van der Waals surface area (Å²) in [6.45, 7) is 4.39. The number of nitrogens with zero attached hydrogens (tertiary/aromatic N) is 1. The van der Waals surface area contributed by atoms with Gasteiger partial charge in [0, 0.05) is 16.6 Å². The molecule has 5 heteroatoms. The van der Waals surface area contributed by atoms with Crippen LogP contribution in [0.15, 0.2) is 23.2 Å². The van der Waals surface area contributed by atoms with Gasteiger partial charge < -0.3 is 15.8 Å². The van der Waals surface area contributed by atoms with Crippen molar-refractivity contribution in [3.63, 3.8) is 0 Å². The number of ether oxygens (including phenoxy) is 1. The second-order valence-corrected chi connectivity index (χ2v) is 4.33. The van der Waals surface area contributed by atoms with Gasteiger partial charge in [-0.05, 0) is 26.0 Å². The summed E-state index contributed by atoms with van der Waals surface area (Å²) in [6.07, 6.45) is 0. The molecule has 0 aliphatic heterocycles. The average molecular weight is 256 g/mol. The highest BCUT2D eigenvalue weighted by Gasteiger charge is 2.06. The second kappa shape index (κ2) is 6.35. The number of hydrogen-bond acceptors (Lipinski definition) is 2. The predicted molar refractivity (Wildman–Crippen MR) is 71.6 cm³/mol. The van der Waals surface area contributed by atoms with Gasteiger partial charge in [-0.1, -0.05) is 17.7 Å². The maximum Gasteiger partial charge on any atom is 0.189 e. The molecule has 94 valence electrons. The largest absolute Gasteiger partial charge is 0.496 e. The highest BCUT2D eigenvalue weighted by atomic mass is 35.5. The molecule has 0 aromatic heterocycles. The van der Waals surface area contributed by atoms with Crippen LogP contribution in [0.5, 0.6) is 5.75 Å². The quantitative estimate of drug-likeness (QED) is 0.640. The summed E-state index contributed by atoms with van der Waals surface area (Å²) in [6, 6.07) is 5.75. The normalized spacial score (nSPS) is 11.7. The minimum atomic E-state index is 0.256. The maximum absolute atomic E-state index is 6.09. The van der Waals surface area contributed by atoms with Gasteiger partial charge in [0.15, 0.2) is 5.96 Å². The number of methoxy groups -OCH3 is 1. The van der Waals surface area contributed by atoms with Crippen LogP contribution in [0.2, 0.25) is 5.02 Å². The topological polar surface area (TPSA) is 59.6 Å². The molecule has 4 nitrogen and oxygen atoms in total. The Balaban J connectivity index is 2.81. The van der Waals surface area contributed by atoms with Crippen molar-refractivity contribution < 1.29 is 4.74 Å². The Kier molecular flexibility index (Phi) is 5.10. The molecule has 0 aliphatic carbocycles. The van der Waals surface area contributed by atoms with Crippen LogP contribution in [-0.4, -0.2) is 19.1 Å². The van der Waals surface area contributed by atoms with E-state index in [9.17, 15) is 0 Å². The molecular formula is C12H18ClN3O. The van der Waals surface area contributed by atoms with Crippen molar-refractivity contribution in [2.45, 2.75) is 26.4 Å². The molecule has 0 spiro atoms. The highest BCUT2D eigenvalue weighted by Crippen LogP contribution is 2.26. The zero-order valence-corrected chi connectivity index (χ0v) is 11.1. The zero-order valence-electron chi connectivity index (χ0n) is 10.3. The summed E-state index contributed by atoms with van der Waals surface area (Å²) in [4.78, 5) is 4.22. The smallest absolute Gasteiger partial charge is 0.189 e. The van der Waals surface area contributed by atoms with Gasteiger partial charge >= 0.3 is 0 Å². The minimum Gasteiger partial charge on any atom is -0.496 e. The van der Waals surface area contributed by atoms with Crippen molar-refractivity contribution in [2.75, 3.05) is 7.11 Å². The molecule has 1 rings (SSSR count). The van der Waals surface area contributed by atoms with Crippen molar-refractivity contribution in [1.82, 2.24) is 5.32 Å². The molecular weight excluding hydrogens is 238 g/mol. The molecule has 0 radical (unpaired) electrons. The highest BCUT2D eigenvalue weighted by molar-refractivity contribution is 6.31. The lowest BCUT2D eigenvalue weighted by Gasteiger charge is -2.10. The summed E-state index contributed by atoms with van der Waals surface area (Å²) in [5.74, 6) is 1.13. The van der Waals surface area contributed by atoms with E-state index in [0.29, 0.717) is 17.5 Å². The van der Waals surface area contributed by atoms with Gasteiger partial charge in [-0.2, -0.15) is 0 Å². The van der Waals surface area contributed by atoms with Crippen LogP contribution in [0.25, 0.3) is 0 Å². The molecule has 0 heterocycles. The first kappa shape index (κ1) is 13.6. The summed E-state index contributed by atoms with van der Waals surface area (Å²) in [7, 11) is 1.61. The van der Waals surface area contributed by atoms with Crippen LogP contribution < -0.4 is 15.8 Å². The van der Waals surface area contributed by atoms with Crippen molar-refractivity contribution in [2.24, 2.45) is 10.7 Å². The lowest BCUT2D eigenvalue weighted by Crippen LogP contribution is -2.36. The van der Waals surface area contributed by atoms with Crippen LogP contribution in [0.4, 0.5) is 0 Å². The molecule has 0 unspecified atom stereocenters. The minimum absolute atomic E-state index is 0.256. The number of benzene rings is 1. The van der Waals surface area contributed by atoms with E-state index in [4.69, 9.17) is 22.1 Å². The van der Waals surface area contributed by atoms with E-state index < -0.39 is 0 Å². The van der Waals surface area contributed by atoms with Crippen molar-refractivity contribution in [1.29, 1.82) is 0 Å². The van der Waals surface area contributed by atoms with Crippen LogP contribution in [0.3, 0.4) is 0 Å². The fourth-order valence-electron chi connectivity index (χ4n) is 1.39. The average Bonchev–Trinajstić information content (AvgIpc) is 2.26. The van der Waals surface area contributed by atoms with E-state index in [2.05, 4.69) is 10.3 Å². The van der Waals surface area contributed by atoms with Gasteiger partial charge in [0.2, 0.25) is 0 Å². The van der Waals surface area contributed by atoms with E-state index in [1.165, 1.54) is 0 Å². The first-order chi connectivity index (χ1) is 8.04. The molecule has 0 amide bonds. The number of nitrogens with two attached hydrogens (primary N) is 1. The van der Waals surface area contributed by atoms with E-state index in [1.54, 1.807) is 13.2 Å². The number of rotatable bonds is 4. The molecule has 3 N–H and O–H groups in total. The molecule has 1 aromatic rings. The Morgan fingerprint density at radius 3 is 2.82 bits per heavy atom. The Morgan fingerprint density at radius 2 is 2.24 bits per heavy atom. The van der Waals surface area contributed by atoms with Gasteiger partial charge in [0.25, 0.3) is 0 Å². The van der Waals surface area contributed by atoms with E-state index in [-0.39, 0.29) is 6.04 Å². The number of nitrogens with one attached hydrogen (secondary N) is 1. The van der Waals surface area contributed by atoms with Gasteiger partial charge in [-0.15, -0.1) is 0 Å². The van der Waals surface area contributed by atoms with Crippen LogP contribution >= 0.6 is 11.6 Å². The monoisotopic (exact) mass is 255 g/mol. The van der Waals surface area contributed by atoms with Crippen molar-refractivity contribution in [3.05, 3.63) is 28.8 Å². The van der Waals surface area contributed by atoms with Gasteiger partial charge in [0.05, 0.1) is 13.7 Å². The number of guanidine groups is 1. The molecule has 0 bridgehead atoms. The number of halogens is 1. The number of hydrogen-bond donors (Lipinski definition) is 2. The van der Waals surface area contributed by atoms with E-state index in [1.807, 2.05) is 26.0 Å². The zero-order chi connectivity index (χ0) is 12.8. The standard InChI is InChI=1S/C12H18ClN3O/c1-8(2)16-12(14)15-7-9-10(13)5-4-6-11(9)17-3/h4-6,8H,7H2,1-3H3,(H3,14,15,16). The molecule has 0 saturated carbocycles. The SMILES string of the molecule is COc1cccc(Cl)c1CN=C(N)NC(C)C. The van der Waals surface area contributed by atoms with Crippen molar-refractivity contribution in [3.8, 4) is 5.75 Å². The third kappa shape index (κ3) is 4.15. The van der Waals surface area contributed by atoms with Crippen LogP contribution in [-0.2, 0) is 6.54 Å². The Morgan fingerprint density at radius 1 is 1.53 bits per heavy atom. The van der Waals surface area contributed by atoms with E-state index in [0.717, 1.165) is 11.3 Å². The Labute approximate surface area is 107 Å². The lowest BCUT2D eigenvalue weighted by molar-refractivity contribution is 0.410. The summed E-state index contributed by atoms with van der Waals surface area (Å²) >= 11 is 6.09. The lowest BCUT2D eigenvalue weighted by atomic mass is 10.2. The molecule has 0 atom stereocenters. The van der Waals surface area contributed by atoms with Gasteiger partial charge in [-0.3, -0.25) is 0 Å². The van der Waals surface area contributed by atoms with Gasteiger partial charge in [0.1, 0.15) is 5.75 Å². The Hall–Kier alpha value is -1.42. The molecule has 1 aromatic carbocycles. The first-order valence-electron chi connectivity index (χ1n) is 5.42. The third-order valence-corrected chi connectivity index (χ3v) is 2.49.